The minimum absolute atomic E-state index is 0.0161. The van der Waals surface area contributed by atoms with Crippen molar-refractivity contribution >= 4 is 24.1 Å². The maximum atomic E-state index is 12.5. The lowest BCUT2D eigenvalue weighted by Gasteiger charge is -2.31. The third-order valence-corrected chi connectivity index (χ3v) is 2.98. The van der Waals surface area contributed by atoms with Crippen LogP contribution in [0.2, 0.25) is 0 Å². The van der Waals surface area contributed by atoms with E-state index in [2.05, 4.69) is 10.3 Å². The molecule has 0 aromatic rings. The van der Waals surface area contributed by atoms with Gasteiger partial charge in [0.1, 0.15) is 17.2 Å². The van der Waals surface area contributed by atoms with Gasteiger partial charge in [-0.3, -0.25) is 4.99 Å². The van der Waals surface area contributed by atoms with E-state index in [9.17, 15) is 19.5 Å². The minimum Gasteiger partial charge on any atom is -0.480 e. The molecular formula is C17H32N4O6. The molecule has 10 heteroatoms. The van der Waals surface area contributed by atoms with Crippen LogP contribution in [0.25, 0.3) is 0 Å². The van der Waals surface area contributed by atoms with Crippen molar-refractivity contribution in [2.24, 2.45) is 10.7 Å². The van der Waals surface area contributed by atoms with Gasteiger partial charge in [-0.05, 0) is 54.4 Å². The fourth-order valence-electron chi connectivity index (χ4n) is 1.91. The van der Waals surface area contributed by atoms with Crippen LogP contribution in [0.4, 0.5) is 9.59 Å². The molecule has 0 rings (SSSR count). The number of carboxylic acid groups (broad SMARTS) is 1. The van der Waals surface area contributed by atoms with Gasteiger partial charge in [0.05, 0.1) is 0 Å². The summed E-state index contributed by atoms with van der Waals surface area (Å²) < 4.78 is 10.4. The van der Waals surface area contributed by atoms with E-state index >= 15 is 0 Å². The van der Waals surface area contributed by atoms with E-state index in [1.807, 2.05) is 0 Å². The highest BCUT2D eigenvalue weighted by molar-refractivity contribution is 5.93. The maximum absolute atomic E-state index is 12.5. The Morgan fingerprint density at radius 1 is 1.07 bits per heavy atom. The van der Waals surface area contributed by atoms with Crippen LogP contribution in [-0.4, -0.2) is 65.0 Å². The third-order valence-electron chi connectivity index (χ3n) is 2.98. The van der Waals surface area contributed by atoms with Crippen LogP contribution in [0.15, 0.2) is 4.99 Å². The molecule has 0 saturated heterocycles. The number of nitrogens with two attached hydrogens (primary N) is 1. The second-order valence-electron chi connectivity index (χ2n) is 7.86. The molecule has 27 heavy (non-hydrogen) atoms. The maximum Gasteiger partial charge on any atom is 0.420 e. The van der Waals surface area contributed by atoms with Gasteiger partial charge >= 0.3 is 18.2 Å². The van der Waals surface area contributed by atoms with Gasteiger partial charge in [-0.2, -0.15) is 4.90 Å². The van der Waals surface area contributed by atoms with Gasteiger partial charge in [0.15, 0.2) is 5.96 Å². The van der Waals surface area contributed by atoms with Crippen LogP contribution >= 0.6 is 0 Å². The lowest BCUT2D eigenvalue weighted by atomic mass is 10.1. The van der Waals surface area contributed by atoms with Crippen molar-refractivity contribution < 1.29 is 29.0 Å². The van der Waals surface area contributed by atoms with Gasteiger partial charge in [-0.1, -0.05) is 0 Å². The summed E-state index contributed by atoms with van der Waals surface area (Å²) in [5.41, 5.74) is 3.69. The number of carbonyl (C=O) groups excluding carboxylic acids is 2. The lowest BCUT2D eigenvalue weighted by molar-refractivity contribution is -0.143. The van der Waals surface area contributed by atoms with Crippen LogP contribution in [0, 0.1) is 0 Å². The number of rotatable bonds is 6. The van der Waals surface area contributed by atoms with Crippen LogP contribution in [0.1, 0.15) is 54.4 Å². The number of carbonyl (C=O) groups is 3. The van der Waals surface area contributed by atoms with Crippen molar-refractivity contribution in [1.82, 2.24) is 10.2 Å². The number of nitrogens with zero attached hydrogens (tertiary/aromatic N) is 2. The van der Waals surface area contributed by atoms with Gasteiger partial charge in [-0.15, -0.1) is 0 Å². The summed E-state index contributed by atoms with van der Waals surface area (Å²) >= 11 is 0. The van der Waals surface area contributed by atoms with E-state index in [1.54, 1.807) is 41.5 Å². The second-order valence-corrected chi connectivity index (χ2v) is 7.86. The monoisotopic (exact) mass is 388 g/mol. The molecule has 0 aliphatic rings. The molecule has 0 aliphatic carbocycles. The summed E-state index contributed by atoms with van der Waals surface area (Å²) in [6, 6.07) is -1.45. The summed E-state index contributed by atoms with van der Waals surface area (Å²) in [6.45, 7) is 10.0. The number of imide groups is 1. The first-order chi connectivity index (χ1) is 12.2. The molecule has 0 radical (unpaired) electrons. The zero-order valence-corrected chi connectivity index (χ0v) is 17.2. The largest absolute Gasteiger partial charge is 0.480 e. The summed E-state index contributed by atoms with van der Waals surface area (Å²) in [5, 5.41) is 12.4. The Kier molecular flexibility index (Phi) is 9.05. The fraction of sp³-hybridized carbons (Fsp3) is 0.765. The number of carboxylic acids is 1. The summed E-state index contributed by atoms with van der Waals surface area (Å²) in [4.78, 5) is 41.0. The van der Waals surface area contributed by atoms with Crippen molar-refractivity contribution in [3.63, 3.8) is 0 Å². The Balaban J connectivity index is 5.44. The number of hydrogen-bond donors (Lipinski definition) is 3. The van der Waals surface area contributed by atoms with E-state index in [0.717, 1.165) is 0 Å². The molecule has 0 spiro atoms. The number of hydrogen-bond acceptors (Lipinski definition) is 6. The molecule has 0 aromatic carbocycles. The van der Waals surface area contributed by atoms with E-state index < -0.39 is 35.4 Å². The van der Waals surface area contributed by atoms with Crippen molar-refractivity contribution in [1.29, 1.82) is 0 Å². The van der Waals surface area contributed by atoms with E-state index in [4.69, 9.17) is 15.2 Å². The van der Waals surface area contributed by atoms with Crippen LogP contribution in [-0.2, 0) is 14.3 Å². The Morgan fingerprint density at radius 3 is 1.85 bits per heavy atom. The molecule has 0 fully saturated rings. The van der Waals surface area contributed by atoms with Gasteiger partial charge < -0.3 is 25.6 Å². The SMILES string of the molecule is CN=C(N)NCCC[C@@H](C(=O)O)N(C(=O)OC(C)(C)C)C(=O)OC(C)(C)C. The summed E-state index contributed by atoms with van der Waals surface area (Å²) in [7, 11) is 1.51. The van der Waals surface area contributed by atoms with Crippen molar-refractivity contribution in [2.45, 2.75) is 71.6 Å². The molecule has 0 aromatic heterocycles. The first kappa shape index (κ1) is 24.5. The molecule has 10 nitrogen and oxygen atoms in total. The Bertz CT molecular complexity index is 535. The normalized spacial score (nSPS) is 13.5. The highest BCUT2D eigenvalue weighted by Gasteiger charge is 2.39. The van der Waals surface area contributed by atoms with E-state index in [-0.39, 0.29) is 12.4 Å². The summed E-state index contributed by atoms with van der Waals surface area (Å²) in [5.74, 6) is -1.14. The number of aliphatic carboxylic acids is 1. The molecule has 0 unspecified atom stereocenters. The van der Waals surface area contributed by atoms with Crippen molar-refractivity contribution in [3.05, 3.63) is 0 Å². The van der Waals surface area contributed by atoms with Gasteiger partial charge in [0.2, 0.25) is 0 Å². The topological polar surface area (TPSA) is 144 Å². The number of aliphatic imine (C=N–C) groups is 1. The zero-order valence-electron chi connectivity index (χ0n) is 17.2. The molecule has 2 amide bonds. The molecular weight excluding hydrogens is 356 g/mol. The zero-order chi connectivity index (χ0) is 21.4. The Morgan fingerprint density at radius 2 is 1.52 bits per heavy atom. The molecule has 156 valence electrons. The molecule has 0 saturated carbocycles. The smallest absolute Gasteiger partial charge is 0.420 e. The number of amides is 2. The fourth-order valence-corrected chi connectivity index (χ4v) is 1.91. The molecule has 0 aliphatic heterocycles. The molecule has 4 N–H and O–H groups in total. The average Bonchev–Trinajstić information content (AvgIpc) is 2.45. The predicted molar refractivity (Wildman–Crippen MR) is 101 cm³/mol. The van der Waals surface area contributed by atoms with E-state index in [1.165, 1.54) is 7.05 Å². The molecule has 0 bridgehead atoms. The van der Waals surface area contributed by atoms with Gasteiger partial charge in [-0.25, -0.2) is 14.4 Å². The Labute approximate surface area is 160 Å². The number of ether oxygens (including phenoxy) is 2. The lowest BCUT2D eigenvalue weighted by Crippen LogP contribution is -2.52. The van der Waals surface area contributed by atoms with Gasteiger partial charge in [0, 0.05) is 13.6 Å². The Hall–Kier alpha value is -2.52. The van der Waals surface area contributed by atoms with Crippen molar-refractivity contribution in [3.8, 4) is 0 Å². The second kappa shape index (κ2) is 9.98. The van der Waals surface area contributed by atoms with Crippen LogP contribution < -0.4 is 11.1 Å². The highest BCUT2D eigenvalue weighted by Crippen LogP contribution is 2.19. The quantitative estimate of drug-likeness (QED) is 0.356. The van der Waals surface area contributed by atoms with E-state index in [0.29, 0.717) is 17.9 Å². The third kappa shape index (κ3) is 10.3. The number of guanidine groups is 1. The van der Waals surface area contributed by atoms with Crippen molar-refractivity contribution in [2.75, 3.05) is 13.6 Å². The number of nitrogens with one attached hydrogen (secondary N) is 1. The first-order valence-corrected chi connectivity index (χ1v) is 8.62. The minimum atomic E-state index is -1.45. The first-order valence-electron chi connectivity index (χ1n) is 8.62. The highest BCUT2D eigenvalue weighted by atomic mass is 16.6. The molecule has 0 heterocycles. The van der Waals surface area contributed by atoms with Crippen LogP contribution in [0.3, 0.4) is 0 Å². The standard InChI is InChI=1S/C17H32N4O6/c1-16(2,3)26-14(24)21(15(25)27-17(4,5)6)11(12(22)23)9-8-10-20-13(18)19-7/h11H,8-10H2,1-7H3,(H,22,23)(H3,18,19,20)/t11-/m0/s1. The average molecular weight is 388 g/mol. The van der Waals surface area contributed by atoms with Gasteiger partial charge in [0.25, 0.3) is 0 Å². The molecule has 1 atom stereocenters. The summed E-state index contributed by atoms with van der Waals surface area (Å²) in [6.07, 6.45) is -1.86. The van der Waals surface area contributed by atoms with Crippen LogP contribution in [0.5, 0.6) is 0 Å². The predicted octanol–water partition coefficient (Wildman–Crippen LogP) is 1.93.